The van der Waals surface area contributed by atoms with Crippen molar-refractivity contribution in [1.82, 2.24) is 4.90 Å². The van der Waals surface area contributed by atoms with Crippen LogP contribution >= 0.6 is 0 Å². The molecule has 0 fully saturated rings. The molecule has 5 heteroatoms. The Labute approximate surface area is 142 Å². The maximum absolute atomic E-state index is 12.8. The maximum Gasteiger partial charge on any atom is 0.355 e. The molecule has 0 aromatic heterocycles. The molecule has 0 aliphatic carbocycles. The van der Waals surface area contributed by atoms with Crippen LogP contribution in [0.15, 0.2) is 42.5 Å². The predicted octanol–water partition coefficient (Wildman–Crippen LogP) is 2.65. The van der Waals surface area contributed by atoms with Crippen molar-refractivity contribution >= 4 is 11.7 Å². The summed E-state index contributed by atoms with van der Waals surface area (Å²) in [6, 6.07) is 13.1. The number of ether oxygens (including phenoxy) is 2. The second-order valence-electron chi connectivity index (χ2n) is 6.38. The number of likely N-dealkylation sites (N-methyl/N-ethyl adjacent to an activating group) is 1. The summed E-state index contributed by atoms with van der Waals surface area (Å²) >= 11 is 0. The molecule has 2 aromatic rings. The zero-order valence-electron chi connectivity index (χ0n) is 14.2. The Morgan fingerprint density at radius 1 is 1.21 bits per heavy atom. The van der Waals surface area contributed by atoms with Gasteiger partial charge < -0.3 is 20.1 Å². The van der Waals surface area contributed by atoms with Crippen molar-refractivity contribution < 1.29 is 14.3 Å². The summed E-state index contributed by atoms with van der Waals surface area (Å²) in [4.78, 5) is 14.7. The zero-order chi connectivity index (χ0) is 17.3. The highest BCUT2D eigenvalue weighted by Gasteiger charge is 2.44. The van der Waals surface area contributed by atoms with Gasteiger partial charge in [-0.3, -0.25) is 0 Å². The maximum atomic E-state index is 12.8. The Kier molecular flexibility index (Phi) is 4.20. The summed E-state index contributed by atoms with van der Waals surface area (Å²) in [5.74, 6) is 0.245. The van der Waals surface area contributed by atoms with Gasteiger partial charge >= 0.3 is 5.97 Å². The molecular weight excluding hydrogens is 304 g/mol. The smallest absolute Gasteiger partial charge is 0.355 e. The number of nitrogens with zero attached hydrogens (tertiary/aromatic N) is 1. The summed E-state index contributed by atoms with van der Waals surface area (Å²) in [5, 5.41) is 0. The number of nitrogens with two attached hydrogens (primary N) is 1. The lowest BCUT2D eigenvalue weighted by Crippen LogP contribution is -2.43. The zero-order valence-corrected chi connectivity index (χ0v) is 14.2. The van der Waals surface area contributed by atoms with E-state index in [4.69, 9.17) is 15.2 Å². The van der Waals surface area contributed by atoms with E-state index in [0.29, 0.717) is 24.6 Å². The quantitative estimate of drug-likeness (QED) is 0.691. The first-order valence-electron chi connectivity index (χ1n) is 7.92. The van der Waals surface area contributed by atoms with Crippen molar-refractivity contribution in [2.45, 2.75) is 12.5 Å². The Balaban J connectivity index is 1.98. The van der Waals surface area contributed by atoms with E-state index in [1.165, 1.54) is 0 Å². The van der Waals surface area contributed by atoms with Gasteiger partial charge in [-0.1, -0.05) is 24.3 Å². The van der Waals surface area contributed by atoms with E-state index < -0.39 is 5.60 Å². The highest BCUT2D eigenvalue weighted by Crippen LogP contribution is 2.46. The van der Waals surface area contributed by atoms with Gasteiger partial charge in [0.15, 0.2) is 0 Å². The number of carbonyl (C=O) groups excluding carboxylic acids is 1. The third-order valence-corrected chi connectivity index (χ3v) is 4.21. The standard InChI is InChI=1S/C19H22N2O3/c1-19(18(22)23-11-10-21(2)3)16-7-5-4-6-14(16)15-12-13(20)8-9-17(15)24-19/h4-9,12H,10-11,20H2,1-3H3. The van der Waals surface area contributed by atoms with Crippen molar-refractivity contribution in [3.8, 4) is 16.9 Å². The second-order valence-corrected chi connectivity index (χ2v) is 6.38. The summed E-state index contributed by atoms with van der Waals surface area (Å²) in [6.07, 6.45) is 0. The molecule has 24 heavy (non-hydrogen) atoms. The molecule has 126 valence electrons. The first kappa shape index (κ1) is 16.3. The summed E-state index contributed by atoms with van der Waals surface area (Å²) in [6.45, 7) is 2.74. The van der Waals surface area contributed by atoms with E-state index in [9.17, 15) is 4.79 Å². The molecule has 5 nitrogen and oxygen atoms in total. The van der Waals surface area contributed by atoms with Crippen molar-refractivity contribution in [2.75, 3.05) is 33.0 Å². The van der Waals surface area contributed by atoms with Gasteiger partial charge in [0.25, 0.3) is 0 Å². The topological polar surface area (TPSA) is 64.8 Å². The SMILES string of the molecule is CN(C)CCOC(=O)C1(C)Oc2ccc(N)cc2-c2ccccc21. The first-order chi connectivity index (χ1) is 11.4. The fourth-order valence-corrected chi connectivity index (χ4v) is 2.87. The Morgan fingerprint density at radius 3 is 2.71 bits per heavy atom. The fraction of sp³-hybridized carbons (Fsp3) is 0.316. The van der Waals surface area contributed by atoms with Gasteiger partial charge in [0, 0.05) is 23.4 Å². The molecule has 0 saturated carbocycles. The minimum absolute atomic E-state index is 0.321. The van der Waals surface area contributed by atoms with Gasteiger partial charge in [-0.05, 0) is 44.8 Å². The van der Waals surface area contributed by atoms with Crippen molar-refractivity contribution in [1.29, 1.82) is 0 Å². The second kappa shape index (κ2) is 6.17. The van der Waals surface area contributed by atoms with E-state index in [1.807, 2.05) is 49.3 Å². The molecule has 0 spiro atoms. The average molecular weight is 326 g/mol. The summed E-state index contributed by atoms with van der Waals surface area (Å²) < 4.78 is 11.5. The van der Waals surface area contributed by atoms with Gasteiger partial charge in [0.1, 0.15) is 12.4 Å². The number of fused-ring (bicyclic) bond motifs is 3. The minimum atomic E-state index is -1.17. The Hall–Kier alpha value is -2.53. The van der Waals surface area contributed by atoms with Crippen LogP contribution in [-0.2, 0) is 15.1 Å². The fourth-order valence-electron chi connectivity index (χ4n) is 2.87. The lowest BCUT2D eigenvalue weighted by Gasteiger charge is -2.35. The molecule has 0 bridgehead atoms. The molecule has 0 amide bonds. The van der Waals surface area contributed by atoms with Crippen LogP contribution in [0.25, 0.3) is 11.1 Å². The highest BCUT2D eigenvalue weighted by atomic mass is 16.6. The molecule has 1 unspecified atom stereocenters. The largest absolute Gasteiger partial charge is 0.470 e. The van der Waals surface area contributed by atoms with Crippen LogP contribution in [0.1, 0.15) is 12.5 Å². The lowest BCUT2D eigenvalue weighted by atomic mass is 9.85. The number of benzene rings is 2. The van der Waals surface area contributed by atoms with E-state index >= 15 is 0 Å². The molecular formula is C19H22N2O3. The van der Waals surface area contributed by atoms with Crippen LogP contribution < -0.4 is 10.5 Å². The van der Waals surface area contributed by atoms with Crippen LogP contribution in [0.2, 0.25) is 0 Å². The van der Waals surface area contributed by atoms with Crippen molar-refractivity contribution in [2.24, 2.45) is 0 Å². The molecule has 1 atom stereocenters. The third-order valence-electron chi connectivity index (χ3n) is 4.21. The predicted molar refractivity (Wildman–Crippen MR) is 93.8 cm³/mol. The molecule has 1 aliphatic heterocycles. The van der Waals surface area contributed by atoms with E-state index in [2.05, 4.69) is 0 Å². The van der Waals surface area contributed by atoms with Gasteiger partial charge in [-0.25, -0.2) is 4.79 Å². The highest BCUT2D eigenvalue weighted by molar-refractivity contribution is 5.89. The lowest BCUT2D eigenvalue weighted by molar-refractivity contribution is -0.162. The van der Waals surface area contributed by atoms with E-state index in [0.717, 1.165) is 16.7 Å². The number of rotatable bonds is 4. The van der Waals surface area contributed by atoms with Crippen LogP contribution in [0, 0.1) is 0 Å². The van der Waals surface area contributed by atoms with Crippen LogP contribution in [0.3, 0.4) is 0 Å². The summed E-state index contributed by atoms with van der Waals surface area (Å²) in [7, 11) is 3.87. The van der Waals surface area contributed by atoms with Crippen LogP contribution in [0.4, 0.5) is 5.69 Å². The number of esters is 1. The van der Waals surface area contributed by atoms with Gasteiger partial charge in [0.05, 0.1) is 0 Å². The molecule has 2 aromatic carbocycles. The molecule has 0 saturated heterocycles. The molecule has 3 rings (SSSR count). The Bertz CT molecular complexity index is 773. The number of hydrogen-bond acceptors (Lipinski definition) is 5. The summed E-state index contributed by atoms with van der Waals surface area (Å²) in [5.41, 5.74) is 8.02. The van der Waals surface area contributed by atoms with Gasteiger partial charge in [-0.2, -0.15) is 0 Å². The molecule has 1 aliphatic rings. The average Bonchev–Trinajstić information content (AvgIpc) is 2.55. The van der Waals surface area contributed by atoms with Crippen LogP contribution in [-0.4, -0.2) is 38.1 Å². The van der Waals surface area contributed by atoms with Gasteiger partial charge in [-0.15, -0.1) is 0 Å². The Morgan fingerprint density at radius 2 is 1.96 bits per heavy atom. The number of hydrogen-bond donors (Lipinski definition) is 1. The number of carbonyl (C=O) groups is 1. The number of anilines is 1. The first-order valence-corrected chi connectivity index (χ1v) is 7.92. The van der Waals surface area contributed by atoms with Crippen LogP contribution in [0.5, 0.6) is 5.75 Å². The van der Waals surface area contributed by atoms with E-state index in [-0.39, 0.29) is 5.97 Å². The monoisotopic (exact) mass is 326 g/mol. The molecule has 1 heterocycles. The van der Waals surface area contributed by atoms with Crippen molar-refractivity contribution in [3.63, 3.8) is 0 Å². The molecule has 0 radical (unpaired) electrons. The minimum Gasteiger partial charge on any atom is -0.470 e. The van der Waals surface area contributed by atoms with Crippen molar-refractivity contribution in [3.05, 3.63) is 48.0 Å². The third kappa shape index (κ3) is 2.83. The normalized spacial score (nSPS) is 18.5. The number of nitrogen functional groups attached to an aromatic ring is 1. The van der Waals surface area contributed by atoms with E-state index in [1.54, 1.807) is 19.1 Å². The molecule has 2 N–H and O–H groups in total. The van der Waals surface area contributed by atoms with Gasteiger partial charge in [0.2, 0.25) is 5.60 Å².